The van der Waals surface area contributed by atoms with E-state index in [-0.39, 0.29) is 29.9 Å². The van der Waals surface area contributed by atoms with Crippen molar-refractivity contribution in [3.63, 3.8) is 0 Å². The largest absolute Gasteiger partial charge is 0.503 e. The molecule has 2 N–H and O–H groups in total. The number of fused-ring (bicyclic) bond motifs is 2. The van der Waals surface area contributed by atoms with Crippen LogP contribution in [0.15, 0.2) is 23.1 Å². The highest BCUT2D eigenvalue weighted by Gasteiger charge is 2.60. The van der Waals surface area contributed by atoms with Crippen LogP contribution in [0.1, 0.15) is 58.6 Å². The summed E-state index contributed by atoms with van der Waals surface area (Å²) < 4.78 is 35.1. The third-order valence-electron chi connectivity index (χ3n) is 6.63. The molecule has 3 heterocycles. The second-order valence-electron chi connectivity index (χ2n) is 8.59. The molecule has 2 fully saturated rings. The first-order valence-corrected chi connectivity index (χ1v) is 10.9. The van der Waals surface area contributed by atoms with Crippen LogP contribution >= 0.6 is 11.6 Å². The van der Waals surface area contributed by atoms with E-state index in [4.69, 9.17) is 16.3 Å². The number of nitrogens with one attached hydrogen (secondary N) is 1. The minimum atomic E-state index is -1.02. The van der Waals surface area contributed by atoms with Gasteiger partial charge >= 0.3 is 0 Å². The number of benzene rings is 1. The highest BCUT2D eigenvalue weighted by molar-refractivity contribution is 6.30. The van der Waals surface area contributed by atoms with E-state index >= 15 is 0 Å². The lowest BCUT2D eigenvalue weighted by atomic mass is 9.99. The van der Waals surface area contributed by atoms with Gasteiger partial charge < -0.3 is 24.6 Å². The van der Waals surface area contributed by atoms with E-state index in [2.05, 4.69) is 5.32 Å². The average molecular weight is 480 g/mol. The smallest absolute Gasteiger partial charge is 0.276 e. The van der Waals surface area contributed by atoms with Gasteiger partial charge in [0.05, 0.1) is 12.1 Å². The first-order chi connectivity index (χ1) is 15.7. The average Bonchev–Trinajstić information content (AvgIpc) is 3.35. The lowest BCUT2D eigenvalue weighted by molar-refractivity contribution is -0.116. The lowest BCUT2D eigenvalue weighted by Gasteiger charge is -2.44. The molecule has 3 atom stereocenters. The zero-order chi connectivity index (χ0) is 23.7. The molecule has 1 aromatic carbocycles. The van der Waals surface area contributed by atoms with Crippen molar-refractivity contribution >= 4 is 23.4 Å². The number of halogens is 3. The van der Waals surface area contributed by atoms with Crippen molar-refractivity contribution in [1.82, 2.24) is 14.8 Å². The summed E-state index contributed by atoms with van der Waals surface area (Å²) in [4.78, 5) is 40.3. The molecule has 11 heteroatoms. The zero-order valence-corrected chi connectivity index (χ0v) is 18.3. The molecule has 1 aromatic heterocycles. The summed E-state index contributed by atoms with van der Waals surface area (Å²) in [5, 5.41) is 12.3. The van der Waals surface area contributed by atoms with Gasteiger partial charge in [0.1, 0.15) is 22.2 Å². The van der Waals surface area contributed by atoms with Crippen LogP contribution in [0.3, 0.4) is 0 Å². The van der Waals surface area contributed by atoms with E-state index in [0.29, 0.717) is 19.4 Å². The first-order valence-electron chi connectivity index (χ1n) is 10.5. The number of aromatic hydroxyl groups is 1. The third kappa shape index (κ3) is 3.07. The molecule has 8 nitrogen and oxygen atoms in total. The van der Waals surface area contributed by atoms with E-state index in [0.717, 1.165) is 18.6 Å². The quantitative estimate of drug-likeness (QED) is 0.659. The van der Waals surface area contributed by atoms with Crippen molar-refractivity contribution in [1.29, 1.82) is 0 Å². The summed E-state index contributed by atoms with van der Waals surface area (Å²) in [6.07, 6.45) is 3.04. The topological polar surface area (TPSA) is 101 Å². The summed E-state index contributed by atoms with van der Waals surface area (Å²) >= 11 is 5.56. The number of carbonyl (C=O) groups excluding carboxylic acids is 2. The maximum Gasteiger partial charge on any atom is 0.276 e. The van der Waals surface area contributed by atoms with Gasteiger partial charge in [-0.1, -0.05) is 17.7 Å². The molecule has 1 spiro atoms. The Morgan fingerprint density at radius 1 is 1.36 bits per heavy atom. The molecule has 1 aliphatic carbocycles. The standard InChI is InChI=1S/C22H20ClF2N3O5/c1-10-8-28-21(32)17-19(30)18(29)12(9-27(17)14-3-2-6-22(14,28)33-10)20(31)26-7-11-4-5-13(24)15(23)16(11)25/h4-5,9-10,14,30H,2-3,6-8H2,1H3,(H,26,31)/t10-,14+,22?/m0/s1. The van der Waals surface area contributed by atoms with E-state index in [1.54, 1.807) is 4.90 Å². The van der Waals surface area contributed by atoms with Gasteiger partial charge in [-0.05, 0) is 32.3 Å². The van der Waals surface area contributed by atoms with E-state index in [1.165, 1.54) is 10.8 Å². The molecule has 1 unspecified atom stereocenters. The summed E-state index contributed by atoms with van der Waals surface area (Å²) in [6, 6.07) is 1.72. The number of rotatable bonds is 3. The summed E-state index contributed by atoms with van der Waals surface area (Å²) in [6.45, 7) is 1.83. The number of pyridine rings is 1. The van der Waals surface area contributed by atoms with Crippen molar-refractivity contribution in [2.75, 3.05) is 6.54 Å². The van der Waals surface area contributed by atoms with Crippen LogP contribution in [0, 0.1) is 11.6 Å². The number of ether oxygens (including phenoxy) is 1. The molecule has 5 rings (SSSR count). The van der Waals surface area contributed by atoms with Crippen LogP contribution in [0.5, 0.6) is 5.75 Å². The fourth-order valence-corrected chi connectivity index (χ4v) is 5.39. The molecule has 1 saturated carbocycles. The molecule has 0 radical (unpaired) electrons. The Morgan fingerprint density at radius 2 is 2.12 bits per heavy atom. The van der Waals surface area contributed by atoms with Crippen LogP contribution in [-0.2, 0) is 11.3 Å². The van der Waals surface area contributed by atoms with Crippen LogP contribution in [0.2, 0.25) is 5.02 Å². The van der Waals surface area contributed by atoms with Gasteiger partial charge in [0.25, 0.3) is 11.8 Å². The second-order valence-corrected chi connectivity index (χ2v) is 8.97. The SMILES string of the molecule is C[C@H]1CN2C(=O)c3c(O)c(=O)c(C(=O)NCc4ccc(F)c(Cl)c4F)cn3[C@@H]3CCCC32O1. The van der Waals surface area contributed by atoms with Crippen LogP contribution < -0.4 is 10.7 Å². The van der Waals surface area contributed by atoms with Gasteiger partial charge in [0, 0.05) is 24.8 Å². The molecule has 2 amide bonds. The van der Waals surface area contributed by atoms with E-state index < -0.39 is 50.9 Å². The van der Waals surface area contributed by atoms with Gasteiger partial charge in [-0.2, -0.15) is 0 Å². The van der Waals surface area contributed by atoms with Crippen molar-refractivity contribution in [2.45, 2.75) is 50.6 Å². The van der Waals surface area contributed by atoms with Crippen LogP contribution in [0.4, 0.5) is 8.78 Å². The summed E-state index contributed by atoms with van der Waals surface area (Å²) in [5.41, 5.74) is -2.55. The number of amides is 2. The molecule has 174 valence electrons. The molecular weight excluding hydrogens is 460 g/mol. The second kappa shape index (κ2) is 7.53. The molecule has 1 saturated heterocycles. The van der Waals surface area contributed by atoms with Crippen molar-refractivity contribution in [3.05, 3.63) is 62.0 Å². The zero-order valence-electron chi connectivity index (χ0n) is 17.5. The maximum atomic E-state index is 14.1. The van der Waals surface area contributed by atoms with Gasteiger partial charge in [0.2, 0.25) is 5.43 Å². The fourth-order valence-electron chi connectivity index (χ4n) is 5.21. The maximum absolute atomic E-state index is 14.1. The Kier molecular flexibility index (Phi) is 4.98. The van der Waals surface area contributed by atoms with Crippen LogP contribution in [0.25, 0.3) is 0 Å². The molecule has 2 aliphatic heterocycles. The predicted molar refractivity (Wildman–Crippen MR) is 112 cm³/mol. The fraction of sp³-hybridized carbons (Fsp3) is 0.409. The highest BCUT2D eigenvalue weighted by atomic mass is 35.5. The van der Waals surface area contributed by atoms with Gasteiger partial charge in [-0.3, -0.25) is 14.4 Å². The van der Waals surface area contributed by atoms with Crippen molar-refractivity contribution in [2.24, 2.45) is 0 Å². The van der Waals surface area contributed by atoms with Crippen molar-refractivity contribution < 1.29 is 28.2 Å². The number of aromatic nitrogens is 1. The Bertz CT molecular complexity index is 1270. The van der Waals surface area contributed by atoms with E-state index in [9.17, 15) is 28.3 Å². The minimum Gasteiger partial charge on any atom is -0.503 e. The molecule has 33 heavy (non-hydrogen) atoms. The van der Waals surface area contributed by atoms with Gasteiger partial charge in [-0.25, -0.2) is 8.78 Å². The third-order valence-corrected chi connectivity index (χ3v) is 6.97. The monoisotopic (exact) mass is 479 g/mol. The van der Waals surface area contributed by atoms with E-state index in [1.807, 2.05) is 6.92 Å². The predicted octanol–water partition coefficient (Wildman–Crippen LogP) is 2.71. The molecule has 3 aliphatic rings. The summed E-state index contributed by atoms with van der Waals surface area (Å²) in [7, 11) is 0. The minimum absolute atomic E-state index is 0.0778. The van der Waals surface area contributed by atoms with Crippen molar-refractivity contribution in [3.8, 4) is 5.75 Å². The Labute approximate surface area is 191 Å². The molecule has 0 bridgehead atoms. The number of hydrogen-bond acceptors (Lipinski definition) is 5. The normalized spacial score (nSPS) is 25.6. The highest BCUT2D eigenvalue weighted by Crippen LogP contribution is 2.52. The van der Waals surface area contributed by atoms with Gasteiger partial charge in [0.15, 0.2) is 17.2 Å². The Hall–Kier alpha value is -2.98. The lowest BCUT2D eigenvalue weighted by Crippen LogP contribution is -2.56. The van der Waals surface area contributed by atoms with Gasteiger partial charge in [-0.15, -0.1) is 0 Å². The van der Waals surface area contributed by atoms with Crippen LogP contribution in [-0.4, -0.2) is 44.8 Å². The molecular formula is C22H20ClF2N3O5. The summed E-state index contributed by atoms with van der Waals surface area (Å²) in [5.74, 6) is -4.18. The first kappa shape index (κ1) is 21.8. The number of carbonyl (C=O) groups is 2. The number of hydrogen-bond donors (Lipinski definition) is 2. The Balaban J connectivity index is 1.51. The number of nitrogens with zero attached hydrogens (tertiary/aromatic N) is 2. The molecule has 2 aromatic rings. The Morgan fingerprint density at radius 3 is 2.88 bits per heavy atom.